The molecule has 0 aliphatic heterocycles. The molecule has 0 aliphatic rings. The fourth-order valence-electron chi connectivity index (χ4n) is 3.45. The molecule has 0 rings (SSSR count). The summed E-state index contributed by atoms with van der Waals surface area (Å²) < 4.78 is 28.0. The third-order valence-electron chi connectivity index (χ3n) is 5.24. The SMILES string of the molecule is CCCCCCCCCC(CCCCCCCC(=O)OC)P(=O)(OC)OC. The van der Waals surface area contributed by atoms with Crippen LogP contribution < -0.4 is 0 Å². The van der Waals surface area contributed by atoms with Gasteiger partial charge in [0.2, 0.25) is 0 Å². The second kappa shape index (κ2) is 17.7. The van der Waals surface area contributed by atoms with Crippen molar-refractivity contribution in [3.8, 4) is 0 Å². The van der Waals surface area contributed by atoms with Gasteiger partial charge in [-0.2, -0.15) is 0 Å². The zero-order chi connectivity index (χ0) is 20.4. The second-order valence-corrected chi connectivity index (χ2v) is 9.89. The van der Waals surface area contributed by atoms with Gasteiger partial charge in [0, 0.05) is 20.6 Å². The van der Waals surface area contributed by atoms with Crippen LogP contribution in [0, 0.1) is 0 Å². The van der Waals surface area contributed by atoms with Gasteiger partial charge in [0.05, 0.1) is 12.8 Å². The first-order chi connectivity index (χ1) is 13.0. The van der Waals surface area contributed by atoms with Crippen LogP contribution >= 0.6 is 7.60 Å². The number of rotatable bonds is 19. The molecule has 0 amide bonds. The maximum Gasteiger partial charge on any atom is 0.333 e. The number of esters is 1. The number of hydrogen-bond donors (Lipinski definition) is 0. The molecular formula is C21H43O5P. The van der Waals surface area contributed by atoms with Gasteiger partial charge >= 0.3 is 13.6 Å². The Hall–Kier alpha value is -0.380. The molecule has 27 heavy (non-hydrogen) atoms. The lowest BCUT2D eigenvalue weighted by Gasteiger charge is -2.24. The summed E-state index contributed by atoms with van der Waals surface area (Å²) >= 11 is 0. The van der Waals surface area contributed by atoms with Crippen LogP contribution in [0.3, 0.4) is 0 Å². The Labute approximate surface area is 167 Å². The van der Waals surface area contributed by atoms with E-state index in [1.54, 1.807) is 0 Å². The summed E-state index contributed by atoms with van der Waals surface area (Å²) in [6.07, 6.45) is 16.2. The average Bonchev–Trinajstić information content (AvgIpc) is 2.69. The lowest BCUT2D eigenvalue weighted by atomic mass is 10.0. The van der Waals surface area contributed by atoms with Crippen molar-refractivity contribution in [2.24, 2.45) is 0 Å². The van der Waals surface area contributed by atoms with Crippen molar-refractivity contribution in [1.82, 2.24) is 0 Å². The van der Waals surface area contributed by atoms with Crippen LogP contribution in [-0.4, -0.2) is 33.0 Å². The monoisotopic (exact) mass is 406 g/mol. The van der Waals surface area contributed by atoms with Gasteiger partial charge in [-0.3, -0.25) is 9.36 Å². The lowest BCUT2D eigenvalue weighted by Crippen LogP contribution is -2.12. The molecule has 1 unspecified atom stereocenters. The molecule has 0 spiro atoms. The van der Waals surface area contributed by atoms with Crippen molar-refractivity contribution in [2.75, 3.05) is 21.3 Å². The lowest BCUT2D eigenvalue weighted by molar-refractivity contribution is -0.140. The smallest absolute Gasteiger partial charge is 0.333 e. The first-order valence-corrected chi connectivity index (χ1v) is 12.4. The van der Waals surface area contributed by atoms with E-state index >= 15 is 0 Å². The molecule has 0 N–H and O–H groups in total. The highest BCUT2D eigenvalue weighted by atomic mass is 31.2. The normalized spacial score (nSPS) is 12.9. The number of carbonyl (C=O) groups excluding carboxylic acids is 1. The molecule has 0 bridgehead atoms. The van der Waals surface area contributed by atoms with E-state index in [0.29, 0.717) is 6.42 Å². The molecule has 5 nitrogen and oxygen atoms in total. The second-order valence-electron chi connectivity index (χ2n) is 7.35. The summed E-state index contributed by atoms with van der Waals surface area (Å²) in [7, 11) is 1.42. The summed E-state index contributed by atoms with van der Waals surface area (Å²) in [5.41, 5.74) is -0.00166. The topological polar surface area (TPSA) is 61.8 Å². The molecule has 162 valence electrons. The van der Waals surface area contributed by atoms with Crippen molar-refractivity contribution in [3.05, 3.63) is 0 Å². The van der Waals surface area contributed by atoms with Crippen LogP contribution in [0.5, 0.6) is 0 Å². The van der Waals surface area contributed by atoms with Gasteiger partial charge < -0.3 is 13.8 Å². The zero-order valence-electron chi connectivity index (χ0n) is 18.2. The van der Waals surface area contributed by atoms with Crippen LogP contribution in [0.1, 0.15) is 103 Å². The molecule has 0 aliphatic carbocycles. The molecular weight excluding hydrogens is 363 g/mol. The number of carbonyl (C=O) groups is 1. The van der Waals surface area contributed by atoms with Crippen molar-refractivity contribution in [2.45, 2.75) is 109 Å². The van der Waals surface area contributed by atoms with E-state index in [1.165, 1.54) is 59.9 Å². The van der Waals surface area contributed by atoms with E-state index in [-0.39, 0.29) is 11.6 Å². The standard InChI is InChI=1S/C21H43O5P/c1-5-6-7-8-9-11-14-17-20(27(23,25-3)26-4)18-15-12-10-13-16-19-21(22)24-2/h20H,5-19H2,1-4H3. The Morgan fingerprint density at radius 2 is 1.19 bits per heavy atom. The zero-order valence-corrected chi connectivity index (χ0v) is 19.1. The Morgan fingerprint density at radius 3 is 1.63 bits per heavy atom. The maximum absolute atomic E-state index is 12.8. The first-order valence-electron chi connectivity index (χ1n) is 10.8. The Kier molecular flexibility index (Phi) is 17.5. The third kappa shape index (κ3) is 13.4. The summed E-state index contributed by atoms with van der Waals surface area (Å²) in [5, 5.41) is 0. The number of methoxy groups -OCH3 is 1. The van der Waals surface area contributed by atoms with E-state index in [2.05, 4.69) is 11.7 Å². The summed E-state index contributed by atoms with van der Waals surface area (Å²) in [6.45, 7) is 2.23. The van der Waals surface area contributed by atoms with Crippen LogP contribution in [0.25, 0.3) is 0 Å². The number of ether oxygens (including phenoxy) is 1. The molecule has 0 aromatic carbocycles. The molecule has 6 heteroatoms. The molecule has 1 atom stereocenters. The van der Waals surface area contributed by atoms with Crippen LogP contribution in [0.15, 0.2) is 0 Å². The van der Waals surface area contributed by atoms with E-state index in [0.717, 1.165) is 51.4 Å². The van der Waals surface area contributed by atoms with E-state index in [1.807, 2.05) is 0 Å². The number of hydrogen-bond acceptors (Lipinski definition) is 5. The van der Waals surface area contributed by atoms with Crippen LogP contribution in [0.4, 0.5) is 0 Å². The Balaban J connectivity index is 4.08. The summed E-state index contributed by atoms with van der Waals surface area (Å²) in [4.78, 5) is 11.1. The van der Waals surface area contributed by atoms with Gasteiger partial charge in [-0.15, -0.1) is 0 Å². The van der Waals surface area contributed by atoms with Crippen molar-refractivity contribution >= 4 is 13.6 Å². The number of unbranched alkanes of at least 4 members (excludes halogenated alkanes) is 10. The molecule has 0 fully saturated rings. The van der Waals surface area contributed by atoms with Gasteiger partial charge in [0.1, 0.15) is 0 Å². The quantitative estimate of drug-likeness (QED) is 0.133. The molecule has 0 aromatic rings. The van der Waals surface area contributed by atoms with Gasteiger partial charge in [-0.25, -0.2) is 0 Å². The minimum absolute atomic E-state index is 0.00166. The van der Waals surface area contributed by atoms with Gasteiger partial charge in [-0.05, 0) is 19.3 Å². The highest BCUT2D eigenvalue weighted by Crippen LogP contribution is 2.55. The predicted molar refractivity (Wildman–Crippen MR) is 112 cm³/mol. The fraction of sp³-hybridized carbons (Fsp3) is 0.952. The molecule has 0 radical (unpaired) electrons. The van der Waals surface area contributed by atoms with E-state index in [9.17, 15) is 9.36 Å². The third-order valence-corrected chi connectivity index (χ3v) is 7.67. The highest BCUT2D eigenvalue weighted by Gasteiger charge is 2.32. The van der Waals surface area contributed by atoms with Crippen LogP contribution in [-0.2, 0) is 23.1 Å². The first kappa shape index (κ1) is 26.6. The van der Waals surface area contributed by atoms with Crippen molar-refractivity contribution in [3.63, 3.8) is 0 Å². The Bertz CT molecular complexity index is 392. The van der Waals surface area contributed by atoms with Gasteiger partial charge in [-0.1, -0.05) is 77.6 Å². The largest absolute Gasteiger partial charge is 0.469 e. The highest BCUT2D eigenvalue weighted by molar-refractivity contribution is 7.54. The maximum atomic E-state index is 12.8. The van der Waals surface area contributed by atoms with Crippen molar-refractivity contribution in [1.29, 1.82) is 0 Å². The molecule has 0 saturated heterocycles. The molecule has 0 heterocycles. The van der Waals surface area contributed by atoms with Crippen molar-refractivity contribution < 1.29 is 23.1 Å². The summed E-state index contributed by atoms with van der Waals surface area (Å²) in [5.74, 6) is -0.133. The average molecular weight is 407 g/mol. The van der Waals surface area contributed by atoms with Crippen LogP contribution in [0.2, 0.25) is 0 Å². The van der Waals surface area contributed by atoms with Gasteiger partial charge in [0.25, 0.3) is 0 Å². The molecule has 0 saturated carbocycles. The molecule has 0 aromatic heterocycles. The minimum Gasteiger partial charge on any atom is -0.469 e. The van der Waals surface area contributed by atoms with E-state index < -0.39 is 7.60 Å². The Morgan fingerprint density at radius 1 is 0.741 bits per heavy atom. The summed E-state index contributed by atoms with van der Waals surface area (Å²) in [6, 6.07) is 0. The minimum atomic E-state index is -3.00. The van der Waals surface area contributed by atoms with E-state index in [4.69, 9.17) is 9.05 Å². The predicted octanol–water partition coefficient (Wildman–Crippen LogP) is 6.89. The van der Waals surface area contributed by atoms with Gasteiger partial charge in [0.15, 0.2) is 0 Å². The fourth-order valence-corrected chi connectivity index (χ4v) is 5.19.